The average Bonchev–Trinajstić information content (AvgIpc) is 2.16. The minimum atomic E-state index is -0.398. The molecule has 0 heterocycles. The molecule has 1 rings (SSSR count). The van der Waals surface area contributed by atoms with E-state index in [1.807, 2.05) is 13.8 Å². The van der Waals surface area contributed by atoms with Gasteiger partial charge in [-0.15, -0.1) is 0 Å². The molecule has 0 unspecified atom stereocenters. The Morgan fingerprint density at radius 2 is 2.12 bits per heavy atom. The van der Waals surface area contributed by atoms with Crippen molar-refractivity contribution in [1.29, 1.82) is 0 Å². The Labute approximate surface area is 99.7 Å². The first-order valence-corrected chi connectivity index (χ1v) is 6.30. The van der Waals surface area contributed by atoms with Crippen LogP contribution in [0.25, 0.3) is 0 Å². The number of aliphatic hydroxyl groups is 1. The van der Waals surface area contributed by atoms with Crippen molar-refractivity contribution in [2.24, 2.45) is 5.41 Å². The summed E-state index contributed by atoms with van der Waals surface area (Å²) in [5.41, 5.74) is 1.48. The Morgan fingerprint density at radius 3 is 2.69 bits per heavy atom. The second kappa shape index (κ2) is 5.33. The minimum Gasteiger partial charge on any atom is -0.393 e. The van der Waals surface area contributed by atoms with Crippen molar-refractivity contribution in [3.63, 3.8) is 0 Å². The third kappa shape index (κ3) is 4.67. The molecule has 2 heteroatoms. The highest BCUT2D eigenvalue weighted by Gasteiger charge is 2.21. The summed E-state index contributed by atoms with van der Waals surface area (Å²) >= 11 is 0. The van der Waals surface area contributed by atoms with Gasteiger partial charge in [0.25, 0.3) is 0 Å². The molecule has 94 valence electrons. The summed E-state index contributed by atoms with van der Waals surface area (Å²) in [7, 11) is 0. The van der Waals surface area contributed by atoms with E-state index in [1.54, 1.807) is 0 Å². The van der Waals surface area contributed by atoms with Crippen LogP contribution in [0.15, 0.2) is 11.6 Å². The van der Waals surface area contributed by atoms with E-state index in [0.29, 0.717) is 5.41 Å². The van der Waals surface area contributed by atoms with Crippen LogP contribution >= 0.6 is 0 Å². The SMILES string of the molecule is CC1(C)C=C(CCOC(C)(C)CO)CCC1. The van der Waals surface area contributed by atoms with Gasteiger partial charge < -0.3 is 9.84 Å². The first-order chi connectivity index (χ1) is 7.35. The van der Waals surface area contributed by atoms with Crippen LogP contribution in [0.2, 0.25) is 0 Å². The van der Waals surface area contributed by atoms with Gasteiger partial charge in [-0.1, -0.05) is 25.5 Å². The second-order valence-electron chi connectivity index (χ2n) is 6.16. The zero-order valence-corrected chi connectivity index (χ0v) is 11.2. The maximum absolute atomic E-state index is 9.07. The van der Waals surface area contributed by atoms with Crippen LogP contribution in [-0.2, 0) is 4.74 Å². The molecule has 0 aromatic rings. The summed E-state index contributed by atoms with van der Waals surface area (Å²) in [4.78, 5) is 0. The fraction of sp³-hybridized carbons (Fsp3) is 0.857. The third-order valence-corrected chi connectivity index (χ3v) is 3.21. The van der Waals surface area contributed by atoms with E-state index >= 15 is 0 Å². The number of allylic oxidation sites excluding steroid dienone is 1. The van der Waals surface area contributed by atoms with Crippen LogP contribution in [0.4, 0.5) is 0 Å². The van der Waals surface area contributed by atoms with E-state index in [4.69, 9.17) is 9.84 Å². The van der Waals surface area contributed by atoms with Gasteiger partial charge in [-0.05, 0) is 44.9 Å². The van der Waals surface area contributed by atoms with Crippen molar-refractivity contribution in [2.75, 3.05) is 13.2 Å². The van der Waals surface area contributed by atoms with Crippen LogP contribution in [-0.4, -0.2) is 23.9 Å². The molecule has 1 aliphatic carbocycles. The van der Waals surface area contributed by atoms with Gasteiger partial charge >= 0.3 is 0 Å². The molecule has 0 radical (unpaired) electrons. The van der Waals surface area contributed by atoms with Crippen molar-refractivity contribution in [3.05, 3.63) is 11.6 Å². The van der Waals surface area contributed by atoms with Crippen molar-refractivity contribution in [3.8, 4) is 0 Å². The lowest BCUT2D eigenvalue weighted by Crippen LogP contribution is -2.29. The fourth-order valence-corrected chi connectivity index (χ4v) is 2.17. The summed E-state index contributed by atoms with van der Waals surface area (Å²) in [6.45, 7) is 9.24. The van der Waals surface area contributed by atoms with Gasteiger partial charge in [0.05, 0.1) is 18.8 Å². The molecule has 0 amide bonds. The molecule has 0 fully saturated rings. The maximum atomic E-state index is 9.07. The zero-order chi connectivity index (χ0) is 12.2. The van der Waals surface area contributed by atoms with E-state index in [2.05, 4.69) is 19.9 Å². The summed E-state index contributed by atoms with van der Waals surface area (Å²) in [5.74, 6) is 0. The van der Waals surface area contributed by atoms with Crippen molar-refractivity contribution in [1.82, 2.24) is 0 Å². The lowest BCUT2D eigenvalue weighted by molar-refractivity contribution is -0.0523. The summed E-state index contributed by atoms with van der Waals surface area (Å²) < 4.78 is 5.66. The van der Waals surface area contributed by atoms with Gasteiger partial charge in [0, 0.05) is 0 Å². The van der Waals surface area contributed by atoms with E-state index in [-0.39, 0.29) is 6.61 Å². The highest BCUT2D eigenvalue weighted by atomic mass is 16.5. The van der Waals surface area contributed by atoms with E-state index in [9.17, 15) is 0 Å². The summed E-state index contributed by atoms with van der Waals surface area (Å²) in [5, 5.41) is 9.07. The lowest BCUT2D eigenvalue weighted by Gasteiger charge is -2.28. The molecule has 0 aromatic carbocycles. The largest absolute Gasteiger partial charge is 0.393 e. The Bertz CT molecular complexity index is 251. The molecule has 1 N–H and O–H groups in total. The maximum Gasteiger partial charge on any atom is 0.0856 e. The first-order valence-electron chi connectivity index (χ1n) is 6.30. The Hall–Kier alpha value is -0.340. The van der Waals surface area contributed by atoms with Crippen molar-refractivity contribution < 1.29 is 9.84 Å². The second-order valence-corrected chi connectivity index (χ2v) is 6.16. The topological polar surface area (TPSA) is 29.5 Å². The predicted octanol–water partition coefficient (Wildman–Crippen LogP) is 3.30. The van der Waals surface area contributed by atoms with Gasteiger partial charge in [-0.2, -0.15) is 0 Å². The average molecular weight is 226 g/mol. The molecule has 0 saturated carbocycles. The molecule has 0 aromatic heterocycles. The lowest BCUT2D eigenvalue weighted by atomic mass is 9.79. The molecule has 0 atom stereocenters. The minimum absolute atomic E-state index is 0.0809. The van der Waals surface area contributed by atoms with Gasteiger partial charge in [0.1, 0.15) is 0 Å². The van der Waals surface area contributed by atoms with Crippen LogP contribution in [0.3, 0.4) is 0 Å². The van der Waals surface area contributed by atoms with Gasteiger partial charge in [-0.3, -0.25) is 0 Å². The molecule has 2 nitrogen and oxygen atoms in total. The van der Waals surface area contributed by atoms with E-state index in [0.717, 1.165) is 13.0 Å². The standard InChI is InChI=1S/C14H26O2/c1-13(2)8-5-6-12(10-13)7-9-16-14(3,4)11-15/h10,15H,5-9,11H2,1-4H3. The number of hydrogen-bond donors (Lipinski definition) is 1. The van der Waals surface area contributed by atoms with Crippen molar-refractivity contribution in [2.45, 2.75) is 59.0 Å². The number of ether oxygens (including phenoxy) is 1. The first kappa shape index (κ1) is 13.7. The number of hydrogen-bond acceptors (Lipinski definition) is 2. The Morgan fingerprint density at radius 1 is 1.44 bits per heavy atom. The summed E-state index contributed by atoms with van der Waals surface area (Å²) in [6, 6.07) is 0. The molecule has 0 aliphatic heterocycles. The van der Waals surface area contributed by atoms with Crippen LogP contribution in [0.5, 0.6) is 0 Å². The van der Waals surface area contributed by atoms with Gasteiger partial charge in [0.2, 0.25) is 0 Å². The Kier molecular flexibility index (Phi) is 4.57. The molecule has 0 saturated heterocycles. The van der Waals surface area contributed by atoms with Crippen LogP contribution in [0, 0.1) is 5.41 Å². The summed E-state index contributed by atoms with van der Waals surface area (Å²) in [6.07, 6.45) is 7.22. The molecule has 16 heavy (non-hydrogen) atoms. The zero-order valence-electron chi connectivity index (χ0n) is 11.2. The quantitative estimate of drug-likeness (QED) is 0.729. The smallest absolute Gasteiger partial charge is 0.0856 e. The van der Waals surface area contributed by atoms with Crippen molar-refractivity contribution >= 4 is 0 Å². The Balaban J connectivity index is 2.36. The monoisotopic (exact) mass is 226 g/mol. The highest BCUT2D eigenvalue weighted by molar-refractivity contribution is 5.11. The molecular weight excluding hydrogens is 200 g/mol. The number of aliphatic hydroxyl groups excluding tert-OH is 1. The molecule has 0 bridgehead atoms. The highest BCUT2D eigenvalue weighted by Crippen LogP contribution is 2.34. The third-order valence-electron chi connectivity index (χ3n) is 3.21. The normalized spacial score (nSPS) is 20.7. The number of rotatable bonds is 5. The fourth-order valence-electron chi connectivity index (χ4n) is 2.17. The molecular formula is C14H26O2. The van der Waals surface area contributed by atoms with E-state index < -0.39 is 5.60 Å². The van der Waals surface area contributed by atoms with Gasteiger partial charge in [-0.25, -0.2) is 0 Å². The molecule has 0 spiro atoms. The van der Waals surface area contributed by atoms with Gasteiger partial charge in [0.15, 0.2) is 0 Å². The van der Waals surface area contributed by atoms with Crippen LogP contribution < -0.4 is 0 Å². The molecule has 1 aliphatic rings. The van der Waals surface area contributed by atoms with E-state index in [1.165, 1.54) is 24.8 Å². The van der Waals surface area contributed by atoms with Crippen LogP contribution in [0.1, 0.15) is 53.4 Å². The predicted molar refractivity (Wildman–Crippen MR) is 67.4 cm³/mol.